The van der Waals surface area contributed by atoms with E-state index in [1.165, 1.54) is 11.3 Å². The van der Waals surface area contributed by atoms with Crippen LogP contribution in [0, 0.1) is 6.92 Å². The Labute approximate surface area is 155 Å². The number of carbonyl (C=O) groups is 1. The lowest BCUT2D eigenvalue weighted by Crippen LogP contribution is -2.30. The van der Waals surface area contributed by atoms with Crippen molar-refractivity contribution in [2.75, 3.05) is 6.54 Å². The van der Waals surface area contributed by atoms with Gasteiger partial charge in [0.25, 0.3) is 5.91 Å². The number of aryl methyl sites for hydroxylation is 1. The van der Waals surface area contributed by atoms with Gasteiger partial charge in [-0.25, -0.2) is 4.98 Å². The van der Waals surface area contributed by atoms with Crippen molar-refractivity contribution in [3.05, 3.63) is 63.9 Å². The van der Waals surface area contributed by atoms with Crippen LogP contribution in [-0.2, 0) is 0 Å². The van der Waals surface area contributed by atoms with Crippen molar-refractivity contribution in [2.45, 2.75) is 25.8 Å². The Morgan fingerprint density at radius 3 is 2.84 bits per heavy atom. The van der Waals surface area contributed by atoms with Gasteiger partial charge in [0.1, 0.15) is 9.88 Å². The number of halogens is 1. The first kappa shape index (κ1) is 16.4. The molecule has 3 aromatic rings. The second kappa shape index (κ2) is 6.65. The monoisotopic (exact) mass is 371 g/mol. The second-order valence-corrected chi connectivity index (χ2v) is 7.66. The molecule has 1 fully saturated rings. The van der Waals surface area contributed by atoms with Gasteiger partial charge in [-0.05, 0) is 44.0 Å². The van der Waals surface area contributed by atoms with E-state index in [0.717, 1.165) is 46.2 Å². The molecular formula is C19H18ClN3OS. The number of thiazole rings is 1. The molecule has 128 valence electrons. The molecule has 0 unspecified atom stereocenters. The summed E-state index contributed by atoms with van der Waals surface area (Å²) >= 11 is 7.41. The topological polar surface area (TPSA) is 49.0 Å². The molecule has 0 saturated carbocycles. The number of aromatic nitrogens is 2. The van der Waals surface area contributed by atoms with Gasteiger partial charge < -0.3 is 9.88 Å². The maximum Gasteiger partial charge on any atom is 0.266 e. The van der Waals surface area contributed by atoms with Crippen LogP contribution < -0.4 is 0 Å². The van der Waals surface area contributed by atoms with E-state index in [2.05, 4.69) is 16.0 Å². The first-order chi connectivity index (χ1) is 12.1. The van der Waals surface area contributed by atoms with Crippen LogP contribution in [0.1, 0.15) is 39.9 Å². The summed E-state index contributed by atoms with van der Waals surface area (Å²) in [6, 6.07) is 11.7. The van der Waals surface area contributed by atoms with E-state index in [9.17, 15) is 4.79 Å². The smallest absolute Gasteiger partial charge is 0.266 e. The maximum atomic E-state index is 13.1. The van der Waals surface area contributed by atoms with E-state index in [0.29, 0.717) is 5.02 Å². The van der Waals surface area contributed by atoms with Crippen LogP contribution in [0.25, 0.3) is 10.6 Å². The second-order valence-electron chi connectivity index (χ2n) is 6.22. The fourth-order valence-corrected chi connectivity index (χ4v) is 4.48. The van der Waals surface area contributed by atoms with E-state index in [-0.39, 0.29) is 11.9 Å². The first-order valence-electron chi connectivity index (χ1n) is 8.31. The van der Waals surface area contributed by atoms with Crippen LogP contribution >= 0.6 is 22.9 Å². The number of nitrogens with zero attached hydrogens (tertiary/aromatic N) is 2. The molecule has 1 atom stereocenters. The van der Waals surface area contributed by atoms with Gasteiger partial charge in [0.05, 0.1) is 11.7 Å². The van der Waals surface area contributed by atoms with Gasteiger partial charge in [-0.3, -0.25) is 4.79 Å². The third kappa shape index (κ3) is 3.10. The molecule has 1 aliphatic rings. The number of H-pyrrole nitrogens is 1. The molecule has 1 N–H and O–H groups in total. The molecule has 1 amide bonds. The summed E-state index contributed by atoms with van der Waals surface area (Å²) in [5, 5.41) is 1.55. The molecule has 4 nitrogen and oxygen atoms in total. The SMILES string of the molecule is Cc1nc(-c2ccc(Cl)cc2)sc1C(=O)N1CCC[C@@H]1c1ccc[nH]1. The third-order valence-corrected chi connectivity index (χ3v) is 6.02. The Morgan fingerprint density at radius 1 is 1.32 bits per heavy atom. The number of hydrogen-bond donors (Lipinski definition) is 1. The summed E-state index contributed by atoms with van der Waals surface area (Å²) in [7, 11) is 0. The molecule has 1 aromatic carbocycles. The summed E-state index contributed by atoms with van der Waals surface area (Å²) < 4.78 is 0. The summed E-state index contributed by atoms with van der Waals surface area (Å²) in [4.78, 5) is 23.7. The standard InChI is InChI=1S/C19H18ClN3OS/c1-12-17(25-18(22-12)13-6-8-14(20)9-7-13)19(24)23-11-3-5-16(23)15-4-2-10-21-15/h2,4,6-10,16,21H,3,5,11H2,1H3/t16-/m1/s1. The van der Waals surface area contributed by atoms with Crippen LogP contribution in [0.2, 0.25) is 5.02 Å². The van der Waals surface area contributed by atoms with Crippen LogP contribution in [0.4, 0.5) is 0 Å². The Hall–Kier alpha value is -2.11. The van der Waals surface area contributed by atoms with Gasteiger partial charge >= 0.3 is 0 Å². The molecule has 4 rings (SSSR count). The highest BCUT2D eigenvalue weighted by atomic mass is 35.5. The van der Waals surface area contributed by atoms with Crippen molar-refractivity contribution in [1.82, 2.24) is 14.9 Å². The summed E-state index contributed by atoms with van der Waals surface area (Å²) in [6.45, 7) is 2.69. The number of benzene rings is 1. The third-order valence-electron chi connectivity index (χ3n) is 4.58. The van der Waals surface area contributed by atoms with Crippen LogP contribution in [0.3, 0.4) is 0 Å². The minimum absolute atomic E-state index is 0.0762. The van der Waals surface area contributed by atoms with E-state index in [4.69, 9.17) is 11.6 Å². The maximum absolute atomic E-state index is 13.1. The van der Waals surface area contributed by atoms with Crippen molar-refractivity contribution in [1.29, 1.82) is 0 Å². The van der Waals surface area contributed by atoms with Gasteiger partial charge in [0.15, 0.2) is 0 Å². The molecule has 6 heteroatoms. The van der Waals surface area contributed by atoms with Crippen molar-refractivity contribution in [3.63, 3.8) is 0 Å². The molecule has 1 aliphatic heterocycles. The number of nitrogens with one attached hydrogen (secondary N) is 1. The lowest BCUT2D eigenvalue weighted by Gasteiger charge is -2.23. The number of carbonyl (C=O) groups excluding carboxylic acids is 1. The Balaban J connectivity index is 1.63. The number of rotatable bonds is 3. The molecule has 1 saturated heterocycles. The van der Waals surface area contributed by atoms with Gasteiger partial charge in [0.2, 0.25) is 0 Å². The van der Waals surface area contributed by atoms with E-state index < -0.39 is 0 Å². The quantitative estimate of drug-likeness (QED) is 0.698. The lowest BCUT2D eigenvalue weighted by molar-refractivity contribution is 0.0737. The Morgan fingerprint density at radius 2 is 2.12 bits per heavy atom. The van der Waals surface area contributed by atoms with Crippen molar-refractivity contribution in [3.8, 4) is 10.6 Å². The summed E-state index contributed by atoms with van der Waals surface area (Å²) in [5.41, 5.74) is 2.88. The zero-order valence-corrected chi connectivity index (χ0v) is 15.4. The minimum atomic E-state index is 0.0762. The molecule has 0 aliphatic carbocycles. The van der Waals surface area contributed by atoms with E-state index in [1.54, 1.807) is 0 Å². The number of hydrogen-bond acceptors (Lipinski definition) is 3. The van der Waals surface area contributed by atoms with Gasteiger partial charge in [-0.15, -0.1) is 11.3 Å². The lowest BCUT2D eigenvalue weighted by atomic mass is 10.1. The van der Waals surface area contributed by atoms with Gasteiger partial charge in [-0.2, -0.15) is 0 Å². The Kier molecular flexibility index (Phi) is 4.36. The van der Waals surface area contributed by atoms with Gasteiger partial charge in [0, 0.05) is 29.0 Å². The van der Waals surface area contributed by atoms with Crippen LogP contribution in [0.15, 0.2) is 42.6 Å². The zero-order valence-electron chi connectivity index (χ0n) is 13.8. The highest BCUT2D eigenvalue weighted by molar-refractivity contribution is 7.17. The predicted molar refractivity (Wildman–Crippen MR) is 101 cm³/mol. The van der Waals surface area contributed by atoms with Crippen LogP contribution in [-0.4, -0.2) is 27.3 Å². The average molecular weight is 372 g/mol. The number of aromatic amines is 1. The van der Waals surface area contributed by atoms with Crippen LogP contribution in [0.5, 0.6) is 0 Å². The number of likely N-dealkylation sites (tertiary alicyclic amines) is 1. The first-order valence-corrected chi connectivity index (χ1v) is 9.50. The Bertz CT molecular complexity index is 886. The molecule has 2 aromatic heterocycles. The zero-order chi connectivity index (χ0) is 17.4. The molecular weight excluding hydrogens is 354 g/mol. The predicted octanol–water partition coefficient (Wildman–Crippen LogP) is 5.08. The largest absolute Gasteiger partial charge is 0.363 e. The van der Waals surface area contributed by atoms with Gasteiger partial charge in [-0.1, -0.05) is 23.7 Å². The highest BCUT2D eigenvalue weighted by Gasteiger charge is 2.33. The molecule has 25 heavy (non-hydrogen) atoms. The van der Waals surface area contributed by atoms with E-state index in [1.807, 2.05) is 48.4 Å². The highest BCUT2D eigenvalue weighted by Crippen LogP contribution is 2.35. The molecule has 0 spiro atoms. The molecule has 0 radical (unpaired) electrons. The van der Waals surface area contributed by atoms with E-state index >= 15 is 0 Å². The van der Waals surface area contributed by atoms with Crippen molar-refractivity contribution in [2.24, 2.45) is 0 Å². The van der Waals surface area contributed by atoms with Crippen molar-refractivity contribution < 1.29 is 4.79 Å². The van der Waals surface area contributed by atoms with Crippen molar-refractivity contribution >= 4 is 28.8 Å². The fourth-order valence-electron chi connectivity index (χ4n) is 3.33. The summed E-state index contributed by atoms with van der Waals surface area (Å²) in [6.07, 6.45) is 3.93. The number of amides is 1. The molecule has 3 heterocycles. The minimum Gasteiger partial charge on any atom is -0.363 e. The normalized spacial score (nSPS) is 17.2. The summed E-state index contributed by atoms with van der Waals surface area (Å²) in [5.74, 6) is 0.0762. The molecule has 0 bridgehead atoms. The average Bonchev–Trinajstić information content (AvgIpc) is 3.35. The fraction of sp³-hybridized carbons (Fsp3) is 0.263.